The van der Waals surface area contributed by atoms with Crippen molar-refractivity contribution in [3.8, 4) is 0 Å². The number of carbonyl (C=O) groups excluding carboxylic acids is 1. The minimum atomic E-state index is 0. The third-order valence-corrected chi connectivity index (χ3v) is 3.78. The van der Waals surface area contributed by atoms with Crippen molar-refractivity contribution in [1.82, 2.24) is 9.80 Å². The number of fused-ring (bicyclic) bond motifs is 2. The van der Waals surface area contributed by atoms with Crippen LogP contribution in [0.1, 0.15) is 26.2 Å². The summed E-state index contributed by atoms with van der Waals surface area (Å²) in [5.74, 6) is 0.139. The number of halogens is 2. The normalized spacial score (nSPS) is 28.0. The lowest BCUT2D eigenvalue weighted by atomic mass is 10.1. The number of carbonyl (C=O) groups is 1. The number of likely N-dealkylation sites (tertiary alicyclic amines) is 1. The molecule has 2 atom stereocenters. The number of nitrogens with two attached hydrogens (primary N) is 1. The zero-order valence-corrected chi connectivity index (χ0v) is 11.9. The summed E-state index contributed by atoms with van der Waals surface area (Å²) in [5.41, 5.74) is 5.47. The standard InChI is InChI=1S/C11H21N3O.2ClH/c1-2-13-6-5-9-3-4-10(8-13)14(9)11(15)7-12;;/h9-10H,2-8,12H2,1H3;2*1H. The minimum absolute atomic E-state index is 0. The van der Waals surface area contributed by atoms with Gasteiger partial charge in [0, 0.05) is 25.2 Å². The van der Waals surface area contributed by atoms with E-state index < -0.39 is 0 Å². The molecule has 2 rings (SSSR count). The Kier molecular flexibility index (Phi) is 7.40. The summed E-state index contributed by atoms with van der Waals surface area (Å²) >= 11 is 0. The molecular weight excluding hydrogens is 261 g/mol. The second-order valence-electron chi connectivity index (χ2n) is 4.57. The van der Waals surface area contributed by atoms with Gasteiger partial charge in [0.1, 0.15) is 0 Å². The van der Waals surface area contributed by atoms with Crippen LogP contribution >= 0.6 is 24.8 Å². The van der Waals surface area contributed by atoms with Gasteiger partial charge in [0.15, 0.2) is 0 Å². The van der Waals surface area contributed by atoms with Crippen molar-refractivity contribution >= 4 is 30.7 Å². The molecule has 2 unspecified atom stereocenters. The molecule has 102 valence electrons. The molecule has 0 radical (unpaired) electrons. The van der Waals surface area contributed by atoms with E-state index in [0.29, 0.717) is 12.1 Å². The molecule has 6 heteroatoms. The summed E-state index contributed by atoms with van der Waals surface area (Å²) in [6.07, 6.45) is 3.46. The van der Waals surface area contributed by atoms with Crippen LogP contribution in [0.2, 0.25) is 0 Å². The summed E-state index contributed by atoms with van der Waals surface area (Å²) in [6, 6.07) is 0.885. The Morgan fingerprint density at radius 2 is 1.88 bits per heavy atom. The van der Waals surface area contributed by atoms with Crippen LogP contribution < -0.4 is 5.73 Å². The second-order valence-corrected chi connectivity index (χ2v) is 4.57. The van der Waals surface area contributed by atoms with Gasteiger partial charge in [0.05, 0.1) is 6.54 Å². The molecule has 1 amide bonds. The Labute approximate surface area is 116 Å². The van der Waals surface area contributed by atoms with Gasteiger partial charge in [-0.25, -0.2) is 0 Å². The molecule has 4 nitrogen and oxygen atoms in total. The lowest BCUT2D eigenvalue weighted by molar-refractivity contribution is -0.132. The van der Waals surface area contributed by atoms with Crippen LogP contribution in [-0.4, -0.2) is 54.0 Å². The first-order chi connectivity index (χ1) is 7.26. The molecule has 2 N–H and O–H groups in total. The summed E-state index contributed by atoms with van der Waals surface area (Å²) in [5, 5.41) is 0. The van der Waals surface area contributed by atoms with Crippen LogP contribution in [0.3, 0.4) is 0 Å². The van der Waals surface area contributed by atoms with Gasteiger partial charge in [-0.15, -0.1) is 24.8 Å². The van der Waals surface area contributed by atoms with E-state index >= 15 is 0 Å². The lowest BCUT2D eigenvalue weighted by Gasteiger charge is -2.28. The van der Waals surface area contributed by atoms with Gasteiger partial charge in [0.2, 0.25) is 5.91 Å². The van der Waals surface area contributed by atoms with Crippen molar-refractivity contribution in [3.63, 3.8) is 0 Å². The largest absolute Gasteiger partial charge is 0.334 e. The molecule has 0 saturated carbocycles. The summed E-state index contributed by atoms with van der Waals surface area (Å²) < 4.78 is 0. The topological polar surface area (TPSA) is 49.6 Å². The van der Waals surface area contributed by atoms with Crippen molar-refractivity contribution in [2.24, 2.45) is 5.73 Å². The molecule has 0 aliphatic carbocycles. The van der Waals surface area contributed by atoms with Crippen LogP contribution in [-0.2, 0) is 4.79 Å². The maximum atomic E-state index is 11.8. The first-order valence-electron chi connectivity index (χ1n) is 5.99. The molecule has 0 spiro atoms. The third-order valence-electron chi connectivity index (χ3n) is 3.78. The minimum Gasteiger partial charge on any atom is -0.334 e. The molecule has 0 aromatic carbocycles. The van der Waals surface area contributed by atoms with E-state index in [1.807, 2.05) is 0 Å². The number of hydrogen-bond donors (Lipinski definition) is 1. The number of hydrogen-bond acceptors (Lipinski definition) is 3. The van der Waals surface area contributed by atoms with Crippen molar-refractivity contribution in [3.05, 3.63) is 0 Å². The first-order valence-corrected chi connectivity index (χ1v) is 5.99. The zero-order chi connectivity index (χ0) is 10.8. The Bertz CT molecular complexity index is 253. The van der Waals surface area contributed by atoms with Gasteiger partial charge in [-0.3, -0.25) is 4.79 Å². The van der Waals surface area contributed by atoms with Crippen LogP contribution in [0, 0.1) is 0 Å². The lowest BCUT2D eigenvalue weighted by Crippen LogP contribution is -2.45. The van der Waals surface area contributed by atoms with Crippen LogP contribution in [0.25, 0.3) is 0 Å². The maximum Gasteiger partial charge on any atom is 0.236 e. The summed E-state index contributed by atoms with van der Waals surface area (Å²) in [7, 11) is 0. The molecule has 2 saturated heterocycles. The van der Waals surface area contributed by atoms with Gasteiger partial charge in [-0.2, -0.15) is 0 Å². The number of amides is 1. The molecule has 0 aromatic rings. The van der Waals surface area contributed by atoms with Crippen LogP contribution in [0.5, 0.6) is 0 Å². The van der Waals surface area contributed by atoms with Crippen molar-refractivity contribution < 1.29 is 4.79 Å². The van der Waals surface area contributed by atoms with Crippen molar-refractivity contribution in [1.29, 1.82) is 0 Å². The average Bonchev–Trinajstić information content (AvgIpc) is 2.53. The molecule has 2 aliphatic rings. The predicted molar refractivity (Wildman–Crippen MR) is 73.9 cm³/mol. The highest BCUT2D eigenvalue weighted by Crippen LogP contribution is 2.29. The fourth-order valence-electron chi connectivity index (χ4n) is 2.94. The van der Waals surface area contributed by atoms with Crippen molar-refractivity contribution in [2.75, 3.05) is 26.2 Å². The Morgan fingerprint density at radius 3 is 2.47 bits per heavy atom. The third kappa shape index (κ3) is 3.47. The summed E-state index contributed by atoms with van der Waals surface area (Å²) in [6.45, 7) is 5.62. The van der Waals surface area contributed by atoms with E-state index in [9.17, 15) is 4.79 Å². The number of nitrogens with zero attached hydrogens (tertiary/aromatic N) is 2. The monoisotopic (exact) mass is 283 g/mol. The molecule has 17 heavy (non-hydrogen) atoms. The highest BCUT2D eigenvalue weighted by Gasteiger charge is 2.38. The highest BCUT2D eigenvalue weighted by molar-refractivity contribution is 5.85. The molecule has 0 aromatic heterocycles. The summed E-state index contributed by atoms with van der Waals surface area (Å²) in [4.78, 5) is 16.3. The first kappa shape index (κ1) is 17.0. The van der Waals surface area contributed by atoms with Crippen molar-refractivity contribution in [2.45, 2.75) is 38.3 Å². The van der Waals surface area contributed by atoms with E-state index in [-0.39, 0.29) is 37.3 Å². The predicted octanol–water partition coefficient (Wildman–Crippen LogP) is 0.874. The van der Waals surface area contributed by atoms with Crippen LogP contribution in [0.4, 0.5) is 0 Å². The molecule has 2 aliphatic heterocycles. The Balaban J connectivity index is 0.00000128. The van der Waals surface area contributed by atoms with Gasteiger partial charge in [0.25, 0.3) is 0 Å². The maximum absolute atomic E-state index is 11.8. The van der Waals surface area contributed by atoms with E-state index in [4.69, 9.17) is 5.73 Å². The smallest absolute Gasteiger partial charge is 0.236 e. The fourth-order valence-corrected chi connectivity index (χ4v) is 2.94. The van der Waals surface area contributed by atoms with E-state index in [2.05, 4.69) is 16.7 Å². The van der Waals surface area contributed by atoms with Gasteiger partial charge >= 0.3 is 0 Å². The van der Waals surface area contributed by atoms with Gasteiger partial charge in [-0.1, -0.05) is 6.92 Å². The van der Waals surface area contributed by atoms with E-state index in [0.717, 1.165) is 32.5 Å². The zero-order valence-electron chi connectivity index (χ0n) is 10.3. The Hall–Kier alpha value is -0.0300. The molecule has 2 bridgehead atoms. The van der Waals surface area contributed by atoms with E-state index in [1.54, 1.807) is 0 Å². The molecular formula is C11H23Cl2N3O. The van der Waals surface area contributed by atoms with E-state index in [1.165, 1.54) is 6.42 Å². The van der Waals surface area contributed by atoms with Crippen LogP contribution in [0.15, 0.2) is 0 Å². The van der Waals surface area contributed by atoms with Gasteiger partial charge < -0.3 is 15.5 Å². The second kappa shape index (κ2) is 7.41. The fraction of sp³-hybridized carbons (Fsp3) is 0.909. The highest BCUT2D eigenvalue weighted by atomic mass is 35.5. The Morgan fingerprint density at radius 1 is 1.24 bits per heavy atom. The average molecular weight is 284 g/mol. The molecule has 2 heterocycles. The quantitative estimate of drug-likeness (QED) is 0.818. The molecule has 2 fully saturated rings. The number of likely N-dealkylation sites (N-methyl/N-ethyl adjacent to an activating group) is 1. The number of rotatable bonds is 2. The van der Waals surface area contributed by atoms with Gasteiger partial charge in [-0.05, 0) is 25.8 Å². The SMILES string of the molecule is CCN1CCC2CCC(C1)N2C(=O)CN.Cl.Cl.